The molecule has 0 saturated carbocycles. The zero-order valence-electron chi connectivity index (χ0n) is 11.6. The summed E-state index contributed by atoms with van der Waals surface area (Å²) in [6.45, 7) is 4.86. The Morgan fingerprint density at radius 2 is 2.47 bits per heavy atom. The molecular formula is C13H22N4O2. The molecule has 6 heteroatoms. The van der Waals surface area contributed by atoms with Crippen molar-refractivity contribution in [2.45, 2.75) is 26.3 Å². The van der Waals surface area contributed by atoms with Crippen LogP contribution < -0.4 is 5.73 Å². The van der Waals surface area contributed by atoms with E-state index in [4.69, 9.17) is 10.5 Å². The van der Waals surface area contributed by atoms with Crippen molar-refractivity contribution in [3.63, 3.8) is 0 Å². The number of hydrogen-bond acceptors (Lipinski definition) is 4. The van der Waals surface area contributed by atoms with Crippen LogP contribution in [-0.2, 0) is 11.3 Å². The third-order valence-electron chi connectivity index (χ3n) is 3.50. The average Bonchev–Trinajstić information content (AvgIpc) is 2.80. The Balaban J connectivity index is 2.03. The molecule has 1 saturated heterocycles. The van der Waals surface area contributed by atoms with Crippen LogP contribution in [0.3, 0.4) is 0 Å². The molecule has 1 atom stereocenters. The Kier molecular flexibility index (Phi) is 4.42. The molecule has 1 aliphatic heterocycles. The highest BCUT2D eigenvalue weighted by Crippen LogP contribution is 2.17. The minimum absolute atomic E-state index is 0.0672. The zero-order chi connectivity index (χ0) is 13.8. The molecule has 1 unspecified atom stereocenters. The Bertz CT molecular complexity index is 438. The first-order chi connectivity index (χ1) is 9.13. The van der Waals surface area contributed by atoms with Gasteiger partial charge in [-0.3, -0.25) is 9.48 Å². The van der Waals surface area contributed by atoms with Gasteiger partial charge in [-0.15, -0.1) is 0 Å². The first-order valence-electron chi connectivity index (χ1n) is 6.78. The van der Waals surface area contributed by atoms with E-state index in [1.807, 2.05) is 14.0 Å². The van der Waals surface area contributed by atoms with Gasteiger partial charge in [0.2, 0.25) is 0 Å². The minimum atomic E-state index is -0.0672. The summed E-state index contributed by atoms with van der Waals surface area (Å²) < 4.78 is 7.09. The van der Waals surface area contributed by atoms with Crippen LogP contribution in [0.2, 0.25) is 0 Å². The van der Waals surface area contributed by atoms with Crippen LogP contribution in [0.4, 0.5) is 5.69 Å². The molecule has 0 radical (unpaired) electrons. The fourth-order valence-electron chi connectivity index (χ4n) is 2.48. The number of nitrogens with two attached hydrogens (primary N) is 1. The second-order valence-electron chi connectivity index (χ2n) is 5.03. The molecule has 2 rings (SSSR count). The van der Waals surface area contributed by atoms with E-state index < -0.39 is 0 Å². The first-order valence-corrected chi connectivity index (χ1v) is 6.78. The van der Waals surface area contributed by atoms with Gasteiger partial charge in [0.25, 0.3) is 5.91 Å². The number of ether oxygens (including phenoxy) is 1. The quantitative estimate of drug-likeness (QED) is 0.881. The number of anilines is 1. The Labute approximate surface area is 113 Å². The van der Waals surface area contributed by atoms with E-state index in [-0.39, 0.29) is 5.91 Å². The van der Waals surface area contributed by atoms with Gasteiger partial charge in [-0.05, 0) is 25.7 Å². The maximum atomic E-state index is 12.4. The summed E-state index contributed by atoms with van der Waals surface area (Å²) >= 11 is 0. The van der Waals surface area contributed by atoms with Gasteiger partial charge in [0.1, 0.15) is 5.69 Å². The number of hydrogen-bond donors (Lipinski definition) is 1. The second kappa shape index (κ2) is 6.06. The van der Waals surface area contributed by atoms with Crippen LogP contribution in [0.25, 0.3) is 0 Å². The van der Waals surface area contributed by atoms with E-state index in [0.717, 1.165) is 26.1 Å². The smallest absolute Gasteiger partial charge is 0.274 e. The summed E-state index contributed by atoms with van der Waals surface area (Å²) in [7, 11) is 1.81. The topological polar surface area (TPSA) is 73.4 Å². The highest BCUT2D eigenvalue weighted by Gasteiger charge is 2.23. The third kappa shape index (κ3) is 3.07. The number of nitrogens with zero attached hydrogens (tertiary/aromatic N) is 3. The van der Waals surface area contributed by atoms with Crippen LogP contribution in [0.15, 0.2) is 6.20 Å². The van der Waals surface area contributed by atoms with Crippen LogP contribution >= 0.6 is 0 Å². The van der Waals surface area contributed by atoms with E-state index in [1.165, 1.54) is 6.20 Å². The van der Waals surface area contributed by atoms with Gasteiger partial charge in [-0.25, -0.2) is 0 Å². The SMILES string of the molecule is CCn1ncc(N)c1C(=O)N(C)CC1CCCOC1. The van der Waals surface area contributed by atoms with Crippen molar-refractivity contribution < 1.29 is 9.53 Å². The van der Waals surface area contributed by atoms with Gasteiger partial charge < -0.3 is 15.4 Å². The van der Waals surface area contributed by atoms with Gasteiger partial charge in [-0.1, -0.05) is 0 Å². The number of aromatic nitrogens is 2. The maximum absolute atomic E-state index is 12.4. The monoisotopic (exact) mass is 266 g/mol. The van der Waals surface area contributed by atoms with Crippen LogP contribution in [0.5, 0.6) is 0 Å². The molecule has 1 aliphatic rings. The Hall–Kier alpha value is -1.56. The van der Waals surface area contributed by atoms with E-state index >= 15 is 0 Å². The molecule has 0 aliphatic carbocycles. The number of carbonyl (C=O) groups is 1. The summed E-state index contributed by atoms with van der Waals surface area (Å²) in [6, 6.07) is 0. The predicted molar refractivity (Wildman–Crippen MR) is 72.8 cm³/mol. The van der Waals surface area contributed by atoms with Crippen molar-refractivity contribution in [1.82, 2.24) is 14.7 Å². The molecule has 6 nitrogen and oxygen atoms in total. The molecule has 1 amide bonds. The summed E-state index contributed by atoms with van der Waals surface area (Å²) in [5.41, 5.74) is 6.76. The molecule has 1 aromatic rings. The number of carbonyl (C=O) groups excluding carboxylic acids is 1. The Morgan fingerprint density at radius 1 is 1.68 bits per heavy atom. The second-order valence-corrected chi connectivity index (χ2v) is 5.03. The fourth-order valence-corrected chi connectivity index (χ4v) is 2.48. The maximum Gasteiger partial charge on any atom is 0.274 e. The highest BCUT2D eigenvalue weighted by molar-refractivity contribution is 5.97. The number of nitrogen functional groups attached to an aromatic ring is 1. The van der Waals surface area contributed by atoms with Gasteiger partial charge in [0.05, 0.1) is 18.5 Å². The van der Waals surface area contributed by atoms with Gasteiger partial charge in [0, 0.05) is 26.7 Å². The van der Waals surface area contributed by atoms with Crippen LogP contribution in [-0.4, -0.2) is 47.4 Å². The normalized spacial score (nSPS) is 19.4. The lowest BCUT2D eigenvalue weighted by atomic mass is 10.0. The predicted octanol–water partition coefficient (Wildman–Crippen LogP) is 0.984. The van der Waals surface area contributed by atoms with Crippen LogP contribution in [0.1, 0.15) is 30.3 Å². The van der Waals surface area contributed by atoms with Crippen LogP contribution in [0, 0.1) is 5.92 Å². The molecule has 2 N–H and O–H groups in total. The van der Waals surface area contributed by atoms with Gasteiger partial charge >= 0.3 is 0 Å². The summed E-state index contributed by atoms with van der Waals surface area (Å²) in [4.78, 5) is 14.1. The fraction of sp³-hybridized carbons (Fsp3) is 0.692. The molecule has 1 fully saturated rings. The third-order valence-corrected chi connectivity index (χ3v) is 3.50. The van der Waals surface area contributed by atoms with Crippen molar-refractivity contribution in [1.29, 1.82) is 0 Å². The number of aryl methyl sites for hydroxylation is 1. The van der Waals surface area contributed by atoms with Gasteiger partial charge in [0.15, 0.2) is 0 Å². The summed E-state index contributed by atoms with van der Waals surface area (Å²) in [6.07, 6.45) is 3.72. The van der Waals surface area contributed by atoms with E-state index in [2.05, 4.69) is 5.10 Å². The molecule has 1 aromatic heterocycles. The van der Waals surface area contributed by atoms with E-state index in [0.29, 0.717) is 30.4 Å². The lowest BCUT2D eigenvalue weighted by molar-refractivity contribution is 0.0385. The summed E-state index contributed by atoms with van der Waals surface area (Å²) in [5, 5.41) is 4.10. The zero-order valence-corrected chi connectivity index (χ0v) is 11.6. The minimum Gasteiger partial charge on any atom is -0.396 e. The van der Waals surface area contributed by atoms with E-state index in [1.54, 1.807) is 9.58 Å². The molecule has 2 heterocycles. The lowest BCUT2D eigenvalue weighted by Gasteiger charge is -2.27. The van der Waals surface area contributed by atoms with Crippen molar-refractivity contribution in [3.05, 3.63) is 11.9 Å². The van der Waals surface area contributed by atoms with Crippen molar-refractivity contribution in [2.24, 2.45) is 5.92 Å². The highest BCUT2D eigenvalue weighted by atomic mass is 16.5. The van der Waals surface area contributed by atoms with Gasteiger partial charge in [-0.2, -0.15) is 5.10 Å². The molecule has 0 bridgehead atoms. The Morgan fingerprint density at radius 3 is 3.11 bits per heavy atom. The molecule has 19 heavy (non-hydrogen) atoms. The molecule has 0 spiro atoms. The number of rotatable bonds is 4. The number of amides is 1. The molecule has 106 valence electrons. The summed E-state index contributed by atoms with van der Waals surface area (Å²) in [5.74, 6) is 0.351. The first kappa shape index (κ1) is 13.9. The molecular weight excluding hydrogens is 244 g/mol. The van der Waals surface area contributed by atoms with Crippen molar-refractivity contribution in [2.75, 3.05) is 32.5 Å². The van der Waals surface area contributed by atoms with Crippen molar-refractivity contribution >= 4 is 11.6 Å². The van der Waals surface area contributed by atoms with E-state index in [9.17, 15) is 4.79 Å². The largest absolute Gasteiger partial charge is 0.396 e. The van der Waals surface area contributed by atoms with Crippen molar-refractivity contribution in [3.8, 4) is 0 Å². The average molecular weight is 266 g/mol. The standard InChI is InChI=1S/C13H22N4O2/c1-3-17-12(11(14)7-15-17)13(18)16(2)8-10-5-4-6-19-9-10/h7,10H,3-6,8-9,14H2,1-2H3. The lowest BCUT2D eigenvalue weighted by Crippen LogP contribution is -2.36. The molecule has 0 aromatic carbocycles.